The number of aromatic nitrogens is 1. The smallest absolute Gasteiger partial charge is 0.0541 e. The lowest BCUT2D eigenvalue weighted by molar-refractivity contribution is 1.18. The molecule has 0 aliphatic carbocycles. The zero-order chi connectivity index (χ0) is 31.6. The molecule has 0 spiro atoms. The summed E-state index contributed by atoms with van der Waals surface area (Å²) in [6.45, 7) is 0. The molecule has 8 aromatic carbocycles. The van der Waals surface area contributed by atoms with Crippen LogP contribution < -0.4 is 0 Å². The minimum atomic E-state index is 1.18. The van der Waals surface area contributed by atoms with Crippen LogP contribution in [-0.4, -0.2) is 4.57 Å². The maximum Gasteiger partial charge on any atom is 0.0541 e. The van der Waals surface area contributed by atoms with E-state index in [1.807, 2.05) is 11.3 Å². The minimum absolute atomic E-state index is 1.18. The summed E-state index contributed by atoms with van der Waals surface area (Å²) in [7, 11) is 0. The van der Waals surface area contributed by atoms with Gasteiger partial charge in [-0.25, -0.2) is 0 Å². The largest absolute Gasteiger partial charge is 0.309 e. The van der Waals surface area contributed by atoms with E-state index in [9.17, 15) is 0 Å². The Bertz CT molecular complexity index is 2830. The molecular weight excluding hydrogens is 599 g/mol. The van der Waals surface area contributed by atoms with Gasteiger partial charge in [-0.2, -0.15) is 0 Å². The number of hydrogen-bond donors (Lipinski definition) is 0. The Morgan fingerprint density at radius 1 is 0.354 bits per heavy atom. The van der Waals surface area contributed by atoms with Crippen LogP contribution in [0, 0.1) is 0 Å². The first kappa shape index (κ1) is 27.2. The third-order valence-corrected chi connectivity index (χ3v) is 10.9. The highest BCUT2D eigenvalue weighted by Gasteiger charge is 2.17. The lowest BCUT2D eigenvalue weighted by Crippen LogP contribution is -1.97. The van der Waals surface area contributed by atoms with Crippen molar-refractivity contribution >= 4 is 64.1 Å². The molecule has 0 saturated carbocycles. The molecule has 1 nitrogen and oxygen atoms in total. The Hall–Kier alpha value is -5.96. The second-order valence-electron chi connectivity index (χ2n) is 12.5. The van der Waals surface area contributed by atoms with Gasteiger partial charge in [-0.05, 0) is 81.1 Å². The van der Waals surface area contributed by atoms with Gasteiger partial charge in [0.1, 0.15) is 0 Å². The second-order valence-corrected chi connectivity index (χ2v) is 13.6. The van der Waals surface area contributed by atoms with Crippen molar-refractivity contribution in [3.05, 3.63) is 176 Å². The van der Waals surface area contributed by atoms with Gasteiger partial charge in [0.25, 0.3) is 0 Å². The van der Waals surface area contributed by atoms with E-state index in [0.29, 0.717) is 0 Å². The summed E-state index contributed by atoms with van der Waals surface area (Å²) in [5.74, 6) is 0. The van der Waals surface area contributed by atoms with Crippen molar-refractivity contribution in [1.82, 2.24) is 4.57 Å². The number of para-hydroxylation sites is 2. The fourth-order valence-electron chi connectivity index (χ4n) is 7.54. The molecule has 0 N–H and O–H groups in total. The van der Waals surface area contributed by atoms with Crippen LogP contribution >= 0.6 is 11.3 Å². The molecule has 0 amide bonds. The number of fused-ring (bicyclic) bond motifs is 7. The van der Waals surface area contributed by atoms with E-state index in [4.69, 9.17) is 0 Å². The number of hydrogen-bond acceptors (Lipinski definition) is 1. The summed E-state index contributed by atoms with van der Waals surface area (Å²) in [5.41, 5.74) is 11.0. The molecule has 0 fully saturated rings. The van der Waals surface area contributed by atoms with Crippen LogP contribution in [0.1, 0.15) is 0 Å². The van der Waals surface area contributed by atoms with Crippen molar-refractivity contribution in [2.24, 2.45) is 0 Å². The van der Waals surface area contributed by atoms with E-state index in [-0.39, 0.29) is 0 Å². The van der Waals surface area contributed by atoms with Crippen LogP contribution in [0.15, 0.2) is 176 Å². The van der Waals surface area contributed by atoms with Crippen LogP contribution in [0.25, 0.3) is 91.8 Å². The molecule has 0 unspecified atom stereocenters. The predicted molar refractivity (Wildman–Crippen MR) is 207 cm³/mol. The first-order valence-electron chi connectivity index (χ1n) is 16.4. The van der Waals surface area contributed by atoms with Gasteiger partial charge in [0.2, 0.25) is 0 Å². The van der Waals surface area contributed by atoms with Crippen molar-refractivity contribution in [2.45, 2.75) is 0 Å². The van der Waals surface area contributed by atoms with Crippen molar-refractivity contribution < 1.29 is 0 Å². The Kier molecular flexibility index (Phi) is 6.12. The molecule has 224 valence electrons. The standard InChI is InChI=1S/C46H29NS/c1-2-11-33-28-34(25-20-30(33)10-1)35-26-27-43-40(29-35)38-13-4-7-17-42(38)47(43)41-16-6-3-12-36(41)31-21-23-32(24-22-31)37-15-9-19-45-46(37)39-14-5-8-18-44(39)48-45/h1-29H. The van der Waals surface area contributed by atoms with Gasteiger partial charge in [0, 0.05) is 36.5 Å². The molecule has 48 heavy (non-hydrogen) atoms. The zero-order valence-corrected chi connectivity index (χ0v) is 26.9. The first-order valence-corrected chi connectivity index (χ1v) is 17.2. The van der Waals surface area contributed by atoms with Crippen LogP contribution in [0.4, 0.5) is 0 Å². The average Bonchev–Trinajstić information content (AvgIpc) is 3.70. The summed E-state index contributed by atoms with van der Waals surface area (Å²) in [5, 5.41) is 7.73. The van der Waals surface area contributed by atoms with Gasteiger partial charge in [-0.15, -0.1) is 11.3 Å². The summed E-state index contributed by atoms with van der Waals surface area (Å²) < 4.78 is 5.11. The third kappa shape index (κ3) is 4.24. The van der Waals surface area contributed by atoms with E-state index < -0.39 is 0 Å². The van der Waals surface area contributed by atoms with Crippen LogP contribution in [-0.2, 0) is 0 Å². The molecule has 0 aliphatic heterocycles. The molecule has 2 heterocycles. The van der Waals surface area contributed by atoms with Gasteiger partial charge in [0.15, 0.2) is 0 Å². The summed E-state index contributed by atoms with van der Waals surface area (Å²) >= 11 is 1.87. The van der Waals surface area contributed by atoms with Crippen molar-refractivity contribution in [3.63, 3.8) is 0 Å². The lowest BCUT2D eigenvalue weighted by atomic mass is 9.96. The lowest BCUT2D eigenvalue weighted by Gasteiger charge is -2.15. The molecule has 0 saturated heterocycles. The Morgan fingerprint density at radius 2 is 0.958 bits per heavy atom. The van der Waals surface area contributed by atoms with Gasteiger partial charge >= 0.3 is 0 Å². The topological polar surface area (TPSA) is 4.93 Å². The fraction of sp³-hybridized carbons (Fsp3) is 0. The van der Waals surface area contributed by atoms with E-state index in [1.165, 1.54) is 91.8 Å². The number of benzene rings is 8. The predicted octanol–water partition coefficient (Wildman–Crippen LogP) is 13.3. The van der Waals surface area contributed by atoms with Gasteiger partial charge < -0.3 is 4.57 Å². The third-order valence-electron chi connectivity index (χ3n) is 9.81. The number of nitrogens with zero attached hydrogens (tertiary/aromatic N) is 1. The molecule has 0 aliphatic rings. The Labute approximate surface area is 282 Å². The van der Waals surface area contributed by atoms with Crippen molar-refractivity contribution in [2.75, 3.05) is 0 Å². The SMILES string of the molecule is c1ccc(-n2c3ccccc3c3cc(-c4ccc5ccccc5c4)ccc32)c(-c2ccc(-c3cccc4sc5ccccc5c34)cc2)c1. The Balaban J connectivity index is 1.11. The van der Waals surface area contributed by atoms with Crippen LogP contribution in [0.5, 0.6) is 0 Å². The van der Waals surface area contributed by atoms with E-state index in [2.05, 4.69) is 180 Å². The number of thiophene rings is 1. The van der Waals surface area contributed by atoms with Crippen molar-refractivity contribution in [1.29, 1.82) is 0 Å². The van der Waals surface area contributed by atoms with Crippen molar-refractivity contribution in [3.8, 4) is 39.1 Å². The van der Waals surface area contributed by atoms with Gasteiger partial charge in [0.05, 0.1) is 16.7 Å². The zero-order valence-electron chi connectivity index (χ0n) is 26.1. The van der Waals surface area contributed by atoms with Gasteiger partial charge in [-0.1, -0.05) is 133 Å². The monoisotopic (exact) mass is 627 g/mol. The van der Waals surface area contributed by atoms with E-state index in [0.717, 1.165) is 0 Å². The quantitative estimate of drug-likeness (QED) is 0.183. The summed E-state index contributed by atoms with van der Waals surface area (Å²) in [6, 6.07) is 64.5. The molecule has 2 aromatic heterocycles. The highest BCUT2D eigenvalue weighted by molar-refractivity contribution is 7.25. The molecule has 10 aromatic rings. The minimum Gasteiger partial charge on any atom is -0.309 e. The Morgan fingerprint density at radius 3 is 1.85 bits per heavy atom. The van der Waals surface area contributed by atoms with E-state index >= 15 is 0 Å². The maximum atomic E-state index is 2.44. The van der Waals surface area contributed by atoms with Gasteiger partial charge in [-0.3, -0.25) is 0 Å². The fourth-order valence-corrected chi connectivity index (χ4v) is 8.67. The average molecular weight is 628 g/mol. The summed E-state index contributed by atoms with van der Waals surface area (Å²) in [6.07, 6.45) is 0. The highest BCUT2D eigenvalue weighted by atomic mass is 32.1. The van der Waals surface area contributed by atoms with Crippen LogP contribution in [0.2, 0.25) is 0 Å². The molecule has 0 radical (unpaired) electrons. The molecule has 0 atom stereocenters. The molecule has 10 rings (SSSR count). The molecular formula is C46H29NS. The van der Waals surface area contributed by atoms with Crippen LogP contribution in [0.3, 0.4) is 0 Å². The molecule has 0 bridgehead atoms. The van der Waals surface area contributed by atoms with E-state index in [1.54, 1.807) is 0 Å². The summed E-state index contributed by atoms with van der Waals surface area (Å²) in [4.78, 5) is 0. The normalized spacial score (nSPS) is 11.8. The highest BCUT2D eigenvalue weighted by Crippen LogP contribution is 2.42. The second kappa shape index (κ2) is 10.8. The first-order chi connectivity index (χ1) is 23.8. The maximum absolute atomic E-state index is 2.44. The number of rotatable bonds is 4. The molecule has 2 heteroatoms.